The number of ether oxygens (including phenoxy) is 1. The van der Waals surface area contributed by atoms with Crippen molar-refractivity contribution in [1.29, 1.82) is 0 Å². The number of carbonyl (C=O) groups is 1. The molecule has 0 bridgehead atoms. The fourth-order valence-corrected chi connectivity index (χ4v) is 2.79. The number of hydrogen-bond donors (Lipinski definition) is 2. The number of amides is 1. The molecule has 1 aromatic heterocycles. The molecule has 1 aliphatic rings. The molecule has 1 atom stereocenters. The highest BCUT2D eigenvalue weighted by molar-refractivity contribution is 5.92. The van der Waals surface area contributed by atoms with Crippen molar-refractivity contribution in [2.75, 3.05) is 25.5 Å². The second kappa shape index (κ2) is 7.35. The molecule has 3 rings (SSSR count). The van der Waals surface area contributed by atoms with Crippen molar-refractivity contribution >= 4 is 11.7 Å². The van der Waals surface area contributed by atoms with Crippen LogP contribution >= 0.6 is 0 Å². The summed E-state index contributed by atoms with van der Waals surface area (Å²) in [5.41, 5.74) is 0.606. The van der Waals surface area contributed by atoms with Crippen LogP contribution in [0.15, 0.2) is 30.6 Å². The standard InChI is InChI=1S/C17H19FN4O2/c1-24-14-6-2-5-12(18)16(14)13-8-15(21-10-20-13)22-17(23)11-4-3-7-19-9-11/h2,5-6,8,10-11,19H,3-4,7,9H2,1H3,(H,20,21,22,23). The van der Waals surface area contributed by atoms with Crippen molar-refractivity contribution in [3.63, 3.8) is 0 Å². The van der Waals surface area contributed by atoms with Crippen molar-refractivity contribution in [3.8, 4) is 17.0 Å². The molecule has 1 fully saturated rings. The predicted octanol–water partition coefficient (Wildman–Crippen LogP) is 2.23. The highest BCUT2D eigenvalue weighted by Gasteiger charge is 2.21. The lowest BCUT2D eigenvalue weighted by Crippen LogP contribution is -2.37. The summed E-state index contributed by atoms with van der Waals surface area (Å²) in [6.45, 7) is 1.60. The number of anilines is 1. The van der Waals surface area contributed by atoms with E-state index in [1.165, 1.54) is 19.5 Å². The molecule has 126 valence electrons. The lowest BCUT2D eigenvalue weighted by atomic mass is 9.99. The Morgan fingerprint density at radius 1 is 1.42 bits per heavy atom. The van der Waals surface area contributed by atoms with Crippen molar-refractivity contribution in [3.05, 3.63) is 36.4 Å². The van der Waals surface area contributed by atoms with Crippen LogP contribution in [0.3, 0.4) is 0 Å². The van der Waals surface area contributed by atoms with Crippen molar-refractivity contribution in [2.24, 2.45) is 5.92 Å². The van der Waals surface area contributed by atoms with Crippen LogP contribution in [-0.4, -0.2) is 36.1 Å². The Labute approximate surface area is 139 Å². The summed E-state index contributed by atoms with van der Waals surface area (Å²) in [4.78, 5) is 20.5. The summed E-state index contributed by atoms with van der Waals surface area (Å²) in [6, 6.07) is 6.12. The lowest BCUT2D eigenvalue weighted by Gasteiger charge is -2.21. The number of benzene rings is 1. The molecule has 0 saturated carbocycles. The zero-order valence-electron chi connectivity index (χ0n) is 13.4. The quantitative estimate of drug-likeness (QED) is 0.899. The lowest BCUT2D eigenvalue weighted by molar-refractivity contribution is -0.120. The second-order valence-corrected chi connectivity index (χ2v) is 5.64. The number of methoxy groups -OCH3 is 1. The fraction of sp³-hybridized carbons (Fsp3) is 0.353. The normalized spacial score (nSPS) is 17.3. The molecule has 24 heavy (non-hydrogen) atoms. The molecular weight excluding hydrogens is 311 g/mol. The van der Waals surface area contributed by atoms with Crippen molar-refractivity contribution < 1.29 is 13.9 Å². The Morgan fingerprint density at radius 3 is 3.04 bits per heavy atom. The minimum Gasteiger partial charge on any atom is -0.496 e. The third-order valence-electron chi connectivity index (χ3n) is 4.04. The van der Waals surface area contributed by atoms with Gasteiger partial charge in [-0.25, -0.2) is 14.4 Å². The van der Waals surface area contributed by atoms with Gasteiger partial charge in [0.15, 0.2) is 0 Å². The van der Waals surface area contributed by atoms with Gasteiger partial charge in [0, 0.05) is 12.6 Å². The highest BCUT2D eigenvalue weighted by Crippen LogP contribution is 2.31. The SMILES string of the molecule is COc1cccc(F)c1-c1cc(NC(=O)C2CCCNC2)ncn1. The number of hydrogen-bond acceptors (Lipinski definition) is 5. The number of aromatic nitrogens is 2. The molecule has 7 heteroatoms. The van der Waals surface area contributed by atoms with Gasteiger partial charge in [0.1, 0.15) is 23.7 Å². The van der Waals surface area contributed by atoms with E-state index in [4.69, 9.17) is 4.74 Å². The number of nitrogens with zero attached hydrogens (tertiary/aromatic N) is 2. The second-order valence-electron chi connectivity index (χ2n) is 5.64. The number of halogens is 1. The van der Waals surface area contributed by atoms with E-state index < -0.39 is 5.82 Å². The van der Waals surface area contributed by atoms with Gasteiger partial charge in [-0.1, -0.05) is 6.07 Å². The van der Waals surface area contributed by atoms with Crippen LogP contribution < -0.4 is 15.4 Å². The topological polar surface area (TPSA) is 76.1 Å². The molecule has 2 N–H and O–H groups in total. The molecule has 1 aromatic carbocycles. The molecule has 1 saturated heterocycles. The third kappa shape index (κ3) is 3.51. The average molecular weight is 330 g/mol. The fourth-order valence-electron chi connectivity index (χ4n) is 2.79. The van der Waals surface area contributed by atoms with E-state index in [2.05, 4.69) is 20.6 Å². The molecular formula is C17H19FN4O2. The Hall–Kier alpha value is -2.54. The van der Waals surface area contributed by atoms with Crippen LogP contribution in [0.2, 0.25) is 0 Å². The van der Waals surface area contributed by atoms with Crippen LogP contribution in [0.1, 0.15) is 12.8 Å². The molecule has 2 heterocycles. The van der Waals surface area contributed by atoms with Crippen LogP contribution in [0, 0.1) is 11.7 Å². The van der Waals surface area contributed by atoms with E-state index in [0.717, 1.165) is 19.4 Å². The molecule has 0 aliphatic carbocycles. The van der Waals surface area contributed by atoms with Crippen molar-refractivity contribution in [2.45, 2.75) is 12.8 Å². The number of carbonyl (C=O) groups excluding carboxylic acids is 1. The summed E-state index contributed by atoms with van der Waals surface area (Å²) < 4.78 is 19.4. The zero-order valence-corrected chi connectivity index (χ0v) is 13.4. The van der Waals surface area contributed by atoms with Crippen LogP contribution in [-0.2, 0) is 4.79 Å². The van der Waals surface area contributed by atoms with Gasteiger partial charge in [-0.15, -0.1) is 0 Å². The summed E-state index contributed by atoms with van der Waals surface area (Å²) in [7, 11) is 1.47. The van der Waals surface area contributed by atoms with E-state index >= 15 is 0 Å². The molecule has 0 radical (unpaired) electrons. The van der Waals surface area contributed by atoms with Crippen molar-refractivity contribution in [1.82, 2.24) is 15.3 Å². The monoisotopic (exact) mass is 330 g/mol. The predicted molar refractivity (Wildman–Crippen MR) is 88.2 cm³/mol. The maximum absolute atomic E-state index is 14.2. The van der Waals surface area contributed by atoms with Crippen LogP contribution in [0.4, 0.5) is 10.2 Å². The molecule has 1 unspecified atom stereocenters. The van der Waals surface area contributed by atoms with E-state index in [9.17, 15) is 9.18 Å². The minimum absolute atomic E-state index is 0.0832. The maximum atomic E-state index is 14.2. The molecule has 6 nitrogen and oxygen atoms in total. The van der Waals surface area contributed by atoms with Crippen LogP contribution in [0.5, 0.6) is 5.75 Å². The molecule has 1 amide bonds. The third-order valence-corrected chi connectivity index (χ3v) is 4.04. The first-order valence-electron chi connectivity index (χ1n) is 7.85. The number of piperidine rings is 1. The average Bonchev–Trinajstić information content (AvgIpc) is 2.62. The number of rotatable bonds is 4. The van der Waals surface area contributed by atoms with Gasteiger partial charge in [-0.3, -0.25) is 4.79 Å². The highest BCUT2D eigenvalue weighted by atomic mass is 19.1. The largest absolute Gasteiger partial charge is 0.496 e. The minimum atomic E-state index is -0.443. The van der Waals surface area contributed by atoms with Gasteiger partial charge in [-0.2, -0.15) is 0 Å². The van der Waals surface area contributed by atoms with Gasteiger partial charge in [0.25, 0.3) is 0 Å². The van der Waals surface area contributed by atoms with E-state index in [1.807, 2.05) is 0 Å². The summed E-state index contributed by atoms with van der Waals surface area (Å²) in [5, 5.41) is 5.99. The molecule has 2 aromatic rings. The number of nitrogens with one attached hydrogen (secondary N) is 2. The van der Waals surface area contributed by atoms with Gasteiger partial charge < -0.3 is 15.4 Å². The maximum Gasteiger partial charge on any atom is 0.229 e. The van der Waals surface area contributed by atoms with E-state index in [0.29, 0.717) is 23.8 Å². The van der Waals surface area contributed by atoms with Crippen LogP contribution in [0.25, 0.3) is 11.3 Å². The molecule has 0 spiro atoms. The Balaban J connectivity index is 1.83. The van der Waals surface area contributed by atoms with Gasteiger partial charge >= 0.3 is 0 Å². The Bertz CT molecular complexity index is 732. The van der Waals surface area contributed by atoms with Gasteiger partial charge in [-0.05, 0) is 31.5 Å². The Morgan fingerprint density at radius 2 is 2.29 bits per heavy atom. The summed E-state index contributed by atoms with van der Waals surface area (Å²) >= 11 is 0. The van der Waals surface area contributed by atoms with Gasteiger partial charge in [0.2, 0.25) is 5.91 Å². The first-order valence-corrected chi connectivity index (χ1v) is 7.85. The summed E-state index contributed by atoms with van der Waals surface area (Å²) in [5.74, 6) is 0.109. The van der Waals surface area contributed by atoms with E-state index in [-0.39, 0.29) is 17.4 Å². The Kier molecular flexibility index (Phi) is 5.00. The smallest absolute Gasteiger partial charge is 0.229 e. The molecule has 1 aliphatic heterocycles. The van der Waals surface area contributed by atoms with E-state index in [1.54, 1.807) is 18.2 Å². The zero-order chi connectivity index (χ0) is 16.9. The first kappa shape index (κ1) is 16.3. The first-order chi connectivity index (χ1) is 11.7. The summed E-state index contributed by atoms with van der Waals surface area (Å²) in [6.07, 6.45) is 3.12. The van der Waals surface area contributed by atoms with Gasteiger partial charge in [0.05, 0.1) is 24.3 Å².